The molecule has 1 amide bonds. The maximum Gasteiger partial charge on any atom is 0.262 e. The van der Waals surface area contributed by atoms with Gasteiger partial charge in [0.25, 0.3) is 5.91 Å². The molecule has 0 spiro atoms. The summed E-state index contributed by atoms with van der Waals surface area (Å²) < 4.78 is 5.44. The first-order valence-corrected chi connectivity index (χ1v) is 7.67. The van der Waals surface area contributed by atoms with Gasteiger partial charge in [0.2, 0.25) is 0 Å². The average Bonchev–Trinajstić information content (AvgIpc) is 3.01. The molecule has 0 fully saturated rings. The third kappa shape index (κ3) is 2.63. The van der Waals surface area contributed by atoms with E-state index in [9.17, 15) is 4.79 Å². The van der Waals surface area contributed by atoms with Crippen LogP contribution in [0.15, 0.2) is 54.9 Å². The minimum Gasteiger partial charge on any atom is -0.482 e. The lowest BCUT2D eigenvalue weighted by atomic mass is 10.0. The molecule has 4 heteroatoms. The van der Waals surface area contributed by atoms with Crippen molar-refractivity contribution in [2.45, 2.75) is 12.8 Å². The van der Waals surface area contributed by atoms with Gasteiger partial charge in [-0.1, -0.05) is 24.3 Å². The number of nitrogens with zero attached hydrogens (tertiary/aromatic N) is 1. The second kappa shape index (κ2) is 5.72. The van der Waals surface area contributed by atoms with E-state index in [-0.39, 0.29) is 12.5 Å². The van der Waals surface area contributed by atoms with Gasteiger partial charge in [-0.05, 0) is 47.6 Å². The topological polar surface area (TPSA) is 51.2 Å². The number of aromatic nitrogens is 1. The zero-order valence-electron chi connectivity index (χ0n) is 12.6. The van der Waals surface area contributed by atoms with E-state index in [1.807, 2.05) is 6.07 Å². The maximum atomic E-state index is 12.2. The molecule has 3 aromatic rings. The molecule has 1 aromatic heterocycles. The quantitative estimate of drug-likeness (QED) is 0.804. The Kier molecular flexibility index (Phi) is 3.42. The van der Waals surface area contributed by atoms with Crippen LogP contribution in [-0.4, -0.2) is 17.5 Å². The Labute approximate surface area is 134 Å². The van der Waals surface area contributed by atoms with Gasteiger partial charge in [-0.3, -0.25) is 9.78 Å². The van der Waals surface area contributed by atoms with E-state index in [1.54, 1.807) is 24.5 Å². The first-order chi connectivity index (χ1) is 11.3. The summed E-state index contributed by atoms with van der Waals surface area (Å²) in [5.41, 5.74) is 3.56. The molecule has 0 aliphatic heterocycles. The molecule has 1 aliphatic rings. The normalized spacial score (nSPS) is 12.3. The highest BCUT2D eigenvalue weighted by Crippen LogP contribution is 2.34. The monoisotopic (exact) mass is 304 g/mol. The van der Waals surface area contributed by atoms with Crippen LogP contribution >= 0.6 is 0 Å². The Hall–Kier alpha value is -2.88. The zero-order chi connectivity index (χ0) is 15.6. The summed E-state index contributed by atoms with van der Waals surface area (Å²) in [6.45, 7) is -0.0331. The average molecular weight is 304 g/mol. The molecular weight excluding hydrogens is 288 g/mol. The summed E-state index contributed by atoms with van der Waals surface area (Å²) in [7, 11) is 0. The third-order valence-corrected chi connectivity index (χ3v) is 4.16. The first kappa shape index (κ1) is 13.8. The van der Waals surface area contributed by atoms with Crippen molar-refractivity contribution in [2.24, 2.45) is 0 Å². The lowest BCUT2D eigenvalue weighted by Crippen LogP contribution is -2.20. The van der Waals surface area contributed by atoms with Crippen LogP contribution in [0.25, 0.3) is 10.8 Å². The van der Waals surface area contributed by atoms with Gasteiger partial charge in [0.15, 0.2) is 6.61 Å². The number of rotatable bonds is 4. The zero-order valence-corrected chi connectivity index (χ0v) is 12.6. The van der Waals surface area contributed by atoms with Crippen LogP contribution in [0.3, 0.4) is 0 Å². The van der Waals surface area contributed by atoms with E-state index in [4.69, 9.17) is 4.74 Å². The smallest absolute Gasteiger partial charge is 0.262 e. The molecule has 0 unspecified atom stereocenters. The lowest BCUT2D eigenvalue weighted by Gasteiger charge is -2.11. The van der Waals surface area contributed by atoms with Crippen molar-refractivity contribution < 1.29 is 9.53 Å². The van der Waals surface area contributed by atoms with Gasteiger partial charge in [-0.25, -0.2) is 0 Å². The minimum atomic E-state index is -0.174. The summed E-state index contributed by atoms with van der Waals surface area (Å²) in [5, 5.41) is 5.35. The molecule has 0 saturated carbocycles. The Morgan fingerprint density at radius 3 is 2.78 bits per heavy atom. The fraction of sp³-hybridized carbons (Fsp3) is 0.158. The van der Waals surface area contributed by atoms with Crippen LogP contribution in [0.2, 0.25) is 0 Å². The summed E-state index contributed by atoms with van der Waals surface area (Å²) in [4.78, 5) is 16.1. The molecule has 0 radical (unpaired) electrons. The summed E-state index contributed by atoms with van der Waals surface area (Å²) in [6.07, 6.45) is 5.41. The van der Waals surface area contributed by atoms with Gasteiger partial charge in [0, 0.05) is 17.3 Å². The predicted molar refractivity (Wildman–Crippen MR) is 89.7 cm³/mol. The molecule has 1 aliphatic carbocycles. The van der Waals surface area contributed by atoms with Crippen molar-refractivity contribution in [3.63, 3.8) is 0 Å². The van der Waals surface area contributed by atoms with Crippen LogP contribution in [0.5, 0.6) is 5.75 Å². The second-order valence-electron chi connectivity index (χ2n) is 5.64. The number of carbonyl (C=O) groups is 1. The first-order valence-electron chi connectivity index (χ1n) is 7.67. The highest BCUT2D eigenvalue weighted by molar-refractivity contribution is 6.05. The molecule has 4 nitrogen and oxygen atoms in total. The number of benzene rings is 2. The van der Waals surface area contributed by atoms with Crippen LogP contribution in [0, 0.1) is 0 Å². The molecule has 0 atom stereocenters. The molecule has 4 rings (SSSR count). The molecule has 23 heavy (non-hydrogen) atoms. The van der Waals surface area contributed by atoms with Crippen LogP contribution in [-0.2, 0) is 17.6 Å². The van der Waals surface area contributed by atoms with E-state index in [1.165, 1.54) is 16.5 Å². The van der Waals surface area contributed by atoms with Crippen molar-refractivity contribution in [3.8, 4) is 5.75 Å². The Morgan fingerprint density at radius 2 is 1.96 bits per heavy atom. The van der Waals surface area contributed by atoms with Gasteiger partial charge >= 0.3 is 0 Å². The van der Waals surface area contributed by atoms with Gasteiger partial charge in [0.1, 0.15) is 5.75 Å². The predicted octanol–water partition coefficient (Wildman–Crippen LogP) is 3.35. The second-order valence-corrected chi connectivity index (χ2v) is 5.64. The molecule has 1 heterocycles. The fourth-order valence-electron chi connectivity index (χ4n) is 3.12. The number of nitrogens with one attached hydrogen (secondary N) is 1. The van der Waals surface area contributed by atoms with E-state index in [0.717, 1.165) is 23.9 Å². The molecule has 2 aromatic carbocycles. The van der Waals surface area contributed by atoms with Crippen molar-refractivity contribution in [1.29, 1.82) is 0 Å². The number of hydrogen-bond acceptors (Lipinski definition) is 3. The highest BCUT2D eigenvalue weighted by Gasteiger charge is 2.16. The third-order valence-electron chi connectivity index (χ3n) is 4.16. The van der Waals surface area contributed by atoms with E-state index in [2.05, 4.69) is 34.6 Å². The van der Waals surface area contributed by atoms with Gasteiger partial charge in [-0.2, -0.15) is 0 Å². The highest BCUT2D eigenvalue weighted by atomic mass is 16.5. The maximum absolute atomic E-state index is 12.2. The summed E-state index contributed by atoms with van der Waals surface area (Å²) in [6, 6.07) is 13.9. The summed E-state index contributed by atoms with van der Waals surface area (Å²) >= 11 is 0. The fourth-order valence-corrected chi connectivity index (χ4v) is 3.12. The number of amides is 1. The number of ether oxygens (including phenoxy) is 1. The Bertz CT molecular complexity index is 865. The molecule has 0 saturated heterocycles. The van der Waals surface area contributed by atoms with Crippen LogP contribution in [0.1, 0.15) is 11.1 Å². The van der Waals surface area contributed by atoms with Gasteiger partial charge in [-0.15, -0.1) is 0 Å². The van der Waals surface area contributed by atoms with Gasteiger partial charge < -0.3 is 10.1 Å². The van der Waals surface area contributed by atoms with Crippen LogP contribution in [0.4, 0.5) is 5.69 Å². The summed E-state index contributed by atoms with van der Waals surface area (Å²) in [5.74, 6) is 0.413. The number of aryl methyl sites for hydroxylation is 2. The largest absolute Gasteiger partial charge is 0.482 e. The Morgan fingerprint density at radius 1 is 1.09 bits per heavy atom. The van der Waals surface area contributed by atoms with Crippen molar-refractivity contribution in [1.82, 2.24) is 4.98 Å². The van der Waals surface area contributed by atoms with Crippen molar-refractivity contribution in [2.75, 3.05) is 11.9 Å². The van der Waals surface area contributed by atoms with E-state index in [0.29, 0.717) is 5.75 Å². The SMILES string of the molecule is O=C(COc1cccnc1)Nc1ccc2c3c(cccc13)CC2. The molecule has 114 valence electrons. The molecule has 0 bridgehead atoms. The van der Waals surface area contributed by atoms with Gasteiger partial charge in [0.05, 0.1) is 6.20 Å². The van der Waals surface area contributed by atoms with Crippen molar-refractivity contribution >= 4 is 22.4 Å². The van der Waals surface area contributed by atoms with Crippen molar-refractivity contribution in [3.05, 3.63) is 66.0 Å². The standard InChI is InChI=1S/C19H16N2O2/c22-18(12-23-15-4-2-10-20-11-15)21-17-9-8-14-7-6-13-3-1-5-16(17)19(13)14/h1-5,8-11H,6-7,12H2,(H,21,22). The number of anilines is 1. The van der Waals surface area contributed by atoms with E-state index >= 15 is 0 Å². The minimum absolute atomic E-state index is 0.0331. The van der Waals surface area contributed by atoms with Crippen LogP contribution < -0.4 is 10.1 Å². The Balaban J connectivity index is 1.53. The lowest BCUT2D eigenvalue weighted by molar-refractivity contribution is -0.118. The number of pyridine rings is 1. The number of hydrogen-bond donors (Lipinski definition) is 1. The number of carbonyl (C=O) groups excluding carboxylic acids is 1. The molecule has 1 N–H and O–H groups in total. The van der Waals surface area contributed by atoms with E-state index < -0.39 is 0 Å². The molecular formula is C19H16N2O2.